The SMILES string of the molecule is CCC/C=C1\OC(=O)C2=C1CC[C@@]1(Cc3ccccc3)[C@@H]3C=C4C(=O)OC(=C[C@H](CC)CCC(C)C)[C@]4(CC3)[C@@H]21. The zero-order valence-corrected chi connectivity index (χ0v) is 24.6. The minimum Gasteiger partial charge on any atom is -0.427 e. The number of hydrogen-bond acceptors (Lipinski definition) is 4. The molecule has 0 amide bonds. The molecule has 0 N–H and O–H groups in total. The van der Waals surface area contributed by atoms with Crippen LogP contribution >= 0.6 is 0 Å². The lowest BCUT2D eigenvalue weighted by Gasteiger charge is -2.61. The molecule has 5 atom stereocenters. The molecule has 7 rings (SSSR count). The van der Waals surface area contributed by atoms with Gasteiger partial charge in [0.2, 0.25) is 0 Å². The highest BCUT2D eigenvalue weighted by molar-refractivity contribution is 6.00. The zero-order valence-electron chi connectivity index (χ0n) is 24.6. The van der Waals surface area contributed by atoms with Crippen LogP contribution in [0, 0.1) is 34.5 Å². The molecule has 6 aliphatic rings. The summed E-state index contributed by atoms with van der Waals surface area (Å²) in [5, 5.41) is 0. The normalized spacial score (nSPS) is 33.2. The molecule has 4 heteroatoms. The van der Waals surface area contributed by atoms with Crippen LogP contribution in [0.2, 0.25) is 0 Å². The van der Waals surface area contributed by atoms with Crippen molar-refractivity contribution in [2.75, 3.05) is 0 Å². The average Bonchev–Trinajstić information content (AvgIpc) is 3.43. The summed E-state index contributed by atoms with van der Waals surface area (Å²) in [6.45, 7) is 8.90. The number of rotatable bonds is 9. The summed E-state index contributed by atoms with van der Waals surface area (Å²) >= 11 is 0. The van der Waals surface area contributed by atoms with Crippen molar-refractivity contribution in [2.45, 2.75) is 91.9 Å². The van der Waals surface area contributed by atoms with Gasteiger partial charge in [0.1, 0.15) is 11.5 Å². The molecule has 1 aromatic carbocycles. The Morgan fingerprint density at radius 3 is 2.55 bits per heavy atom. The molecule has 1 spiro atoms. The van der Waals surface area contributed by atoms with Crippen LogP contribution in [0.3, 0.4) is 0 Å². The third kappa shape index (κ3) is 4.16. The fourth-order valence-electron chi connectivity index (χ4n) is 8.63. The van der Waals surface area contributed by atoms with E-state index in [1.165, 1.54) is 5.56 Å². The van der Waals surface area contributed by atoms with E-state index < -0.39 is 5.41 Å². The van der Waals surface area contributed by atoms with Crippen LogP contribution in [0.15, 0.2) is 76.8 Å². The van der Waals surface area contributed by atoms with E-state index in [9.17, 15) is 9.59 Å². The number of fused-ring (bicyclic) bond motifs is 1. The molecule has 2 bridgehead atoms. The molecule has 1 saturated carbocycles. The first kappa shape index (κ1) is 27.3. The van der Waals surface area contributed by atoms with Gasteiger partial charge in [-0.2, -0.15) is 0 Å². The van der Waals surface area contributed by atoms with Gasteiger partial charge in [-0.25, -0.2) is 9.59 Å². The van der Waals surface area contributed by atoms with E-state index in [1.54, 1.807) is 0 Å². The molecule has 4 aliphatic carbocycles. The summed E-state index contributed by atoms with van der Waals surface area (Å²) in [7, 11) is 0. The Balaban J connectivity index is 1.54. The fourth-order valence-corrected chi connectivity index (χ4v) is 8.63. The average molecular weight is 541 g/mol. The lowest BCUT2D eigenvalue weighted by Crippen LogP contribution is -2.58. The molecule has 2 aliphatic heterocycles. The first-order valence-corrected chi connectivity index (χ1v) is 15.7. The number of unbranched alkanes of at least 4 members (excludes halogenated alkanes) is 1. The highest BCUT2D eigenvalue weighted by Crippen LogP contribution is 2.73. The van der Waals surface area contributed by atoms with Crippen molar-refractivity contribution in [1.82, 2.24) is 0 Å². The van der Waals surface area contributed by atoms with Gasteiger partial charge in [-0.05, 0) is 92.3 Å². The topological polar surface area (TPSA) is 52.6 Å². The van der Waals surface area contributed by atoms with E-state index in [0.717, 1.165) is 92.4 Å². The third-order valence-corrected chi connectivity index (χ3v) is 10.6. The number of esters is 2. The Morgan fingerprint density at radius 1 is 1.02 bits per heavy atom. The molecule has 212 valence electrons. The lowest BCUT2D eigenvalue weighted by molar-refractivity contribution is -0.136. The number of carbonyl (C=O) groups excluding carboxylic acids is 2. The molecular weight excluding hydrogens is 496 g/mol. The quantitative estimate of drug-likeness (QED) is 0.295. The van der Waals surface area contributed by atoms with E-state index in [0.29, 0.717) is 11.8 Å². The van der Waals surface area contributed by atoms with Crippen molar-refractivity contribution >= 4 is 11.9 Å². The van der Waals surface area contributed by atoms with Crippen LogP contribution in [-0.4, -0.2) is 11.9 Å². The van der Waals surface area contributed by atoms with Crippen LogP contribution in [0.25, 0.3) is 0 Å². The number of carbonyl (C=O) groups is 2. The molecule has 0 radical (unpaired) electrons. The van der Waals surface area contributed by atoms with Crippen molar-refractivity contribution in [3.05, 3.63) is 82.4 Å². The minimum absolute atomic E-state index is 0.122. The predicted octanol–water partition coefficient (Wildman–Crippen LogP) is 8.40. The number of hydrogen-bond donors (Lipinski definition) is 0. The van der Waals surface area contributed by atoms with Gasteiger partial charge in [0.15, 0.2) is 0 Å². The van der Waals surface area contributed by atoms with Crippen molar-refractivity contribution in [2.24, 2.45) is 34.5 Å². The van der Waals surface area contributed by atoms with E-state index in [4.69, 9.17) is 9.47 Å². The molecule has 40 heavy (non-hydrogen) atoms. The Kier molecular flexibility index (Phi) is 7.17. The van der Waals surface area contributed by atoms with E-state index in [1.807, 2.05) is 0 Å². The smallest absolute Gasteiger partial charge is 0.340 e. The summed E-state index contributed by atoms with van der Waals surface area (Å²) in [5.41, 5.74) is 3.26. The van der Waals surface area contributed by atoms with Crippen LogP contribution in [-0.2, 0) is 25.5 Å². The lowest BCUT2D eigenvalue weighted by atomic mass is 9.39. The van der Waals surface area contributed by atoms with E-state index >= 15 is 0 Å². The molecule has 1 aromatic rings. The summed E-state index contributed by atoms with van der Waals surface area (Å²) in [4.78, 5) is 27.4. The standard InChI is InChI=1S/C36H44O4/c1-5-7-13-29-27-17-18-35(22-25-11-9-8-10-12-25)26-16-19-36(32(35)31(27)34(38)39-29)28(21-26)33(37)40-30(36)20-24(6-2)15-14-23(3)4/h8-13,20-21,23-24,26,32H,5-7,14-19,22H2,1-4H3/b29-13-,30-20?/t24-,26+,32+,35-,36-/m1/s1. The van der Waals surface area contributed by atoms with Crippen LogP contribution in [0.1, 0.15) is 91.0 Å². The van der Waals surface area contributed by atoms with Gasteiger partial charge in [-0.15, -0.1) is 0 Å². The maximum absolute atomic E-state index is 13.9. The molecule has 0 unspecified atom stereocenters. The van der Waals surface area contributed by atoms with E-state index in [-0.39, 0.29) is 29.2 Å². The maximum Gasteiger partial charge on any atom is 0.340 e. The van der Waals surface area contributed by atoms with Crippen LogP contribution in [0.5, 0.6) is 0 Å². The Morgan fingerprint density at radius 2 is 1.82 bits per heavy atom. The zero-order chi connectivity index (χ0) is 28.1. The maximum atomic E-state index is 13.9. The Hall–Kier alpha value is -2.88. The molecule has 2 heterocycles. The van der Waals surface area contributed by atoms with E-state index in [2.05, 4.69) is 76.3 Å². The summed E-state index contributed by atoms with van der Waals surface area (Å²) in [6.07, 6.45) is 16.3. The van der Waals surface area contributed by atoms with Gasteiger partial charge in [0.25, 0.3) is 0 Å². The van der Waals surface area contributed by atoms with Gasteiger partial charge in [-0.3, -0.25) is 0 Å². The number of benzene rings is 1. The van der Waals surface area contributed by atoms with Gasteiger partial charge < -0.3 is 9.47 Å². The van der Waals surface area contributed by atoms with Gasteiger partial charge in [0, 0.05) is 22.6 Å². The number of ether oxygens (including phenoxy) is 2. The van der Waals surface area contributed by atoms with Crippen LogP contribution < -0.4 is 0 Å². The number of cyclic esters (lactones) is 2. The van der Waals surface area contributed by atoms with Gasteiger partial charge in [-0.1, -0.05) is 76.9 Å². The monoisotopic (exact) mass is 540 g/mol. The molecule has 0 aromatic heterocycles. The Bertz CT molecular complexity index is 1310. The molecule has 1 saturated heterocycles. The highest BCUT2D eigenvalue weighted by Gasteiger charge is 2.71. The summed E-state index contributed by atoms with van der Waals surface area (Å²) < 4.78 is 12.3. The van der Waals surface area contributed by atoms with Crippen molar-refractivity contribution < 1.29 is 19.1 Å². The number of allylic oxidation sites excluding steroid dienone is 5. The van der Waals surface area contributed by atoms with Gasteiger partial charge >= 0.3 is 11.9 Å². The second-order valence-electron chi connectivity index (χ2n) is 13.2. The second kappa shape index (κ2) is 10.5. The fraction of sp³-hybridized carbons (Fsp3) is 0.556. The van der Waals surface area contributed by atoms with Crippen molar-refractivity contribution in [1.29, 1.82) is 0 Å². The van der Waals surface area contributed by atoms with Crippen LogP contribution in [0.4, 0.5) is 0 Å². The molecule has 4 nitrogen and oxygen atoms in total. The summed E-state index contributed by atoms with van der Waals surface area (Å²) in [6, 6.07) is 10.7. The van der Waals surface area contributed by atoms with Crippen molar-refractivity contribution in [3.63, 3.8) is 0 Å². The minimum atomic E-state index is -0.591. The molecular formula is C36H44O4. The van der Waals surface area contributed by atoms with Crippen molar-refractivity contribution in [3.8, 4) is 0 Å². The van der Waals surface area contributed by atoms with Gasteiger partial charge in [0.05, 0.1) is 5.41 Å². The Labute approximate surface area is 239 Å². The second-order valence-corrected chi connectivity index (χ2v) is 13.2. The molecule has 2 fully saturated rings. The first-order chi connectivity index (χ1) is 19.3. The highest BCUT2D eigenvalue weighted by atomic mass is 16.5. The third-order valence-electron chi connectivity index (χ3n) is 10.6. The largest absolute Gasteiger partial charge is 0.427 e. The predicted molar refractivity (Wildman–Crippen MR) is 157 cm³/mol. The first-order valence-electron chi connectivity index (χ1n) is 15.7. The summed E-state index contributed by atoms with van der Waals surface area (Å²) in [5.74, 6) is 2.25.